The van der Waals surface area contributed by atoms with Gasteiger partial charge in [-0.15, -0.1) is 10.2 Å². The molecule has 0 atom stereocenters. The minimum absolute atomic E-state index is 0.0154. The van der Waals surface area contributed by atoms with Gasteiger partial charge in [0.25, 0.3) is 0 Å². The summed E-state index contributed by atoms with van der Waals surface area (Å²) in [5.74, 6) is 0.849. The number of fused-ring (bicyclic) bond motifs is 1. The highest BCUT2D eigenvalue weighted by atomic mass is 35.5. The molecule has 9 heteroatoms. The highest BCUT2D eigenvalue weighted by Crippen LogP contribution is 2.32. The van der Waals surface area contributed by atoms with Gasteiger partial charge in [-0.1, -0.05) is 41.6 Å². The number of thioether (sulfide) groups is 1. The summed E-state index contributed by atoms with van der Waals surface area (Å²) in [5.41, 5.74) is 3.78. The van der Waals surface area contributed by atoms with Crippen LogP contribution in [0.3, 0.4) is 0 Å². The number of aromatic amines is 1. The quantitative estimate of drug-likeness (QED) is 0.201. The van der Waals surface area contributed by atoms with Crippen LogP contribution < -0.4 is 4.74 Å². The van der Waals surface area contributed by atoms with Crippen LogP contribution in [0.25, 0.3) is 28.0 Å². The molecule has 3 aromatic carbocycles. The van der Waals surface area contributed by atoms with E-state index < -0.39 is 5.82 Å². The molecule has 5 rings (SSSR count). The second-order valence-corrected chi connectivity index (χ2v) is 9.20. The highest BCUT2D eigenvalue weighted by Gasteiger charge is 2.21. The van der Waals surface area contributed by atoms with E-state index >= 15 is 0 Å². The van der Waals surface area contributed by atoms with Crippen molar-refractivity contribution in [3.63, 3.8) is 0 Å². The van der Waals surface area contributed by atoms with Crippen molar-refractivity contribution in [3.8, 4) is 22.8 Å². The van der Waals surface area contributed by atoms with E-state index in [1.165, 1.54) is 23.9 Å². The lowest BCUT2D eigenvalue weighted by Crippen LogP contribution is -2.06. The molecule has 0 aliphatic heterocycles. The smallest absolute Gasteiger partial charge is 0.196 e. The third kappa shape index (κ3) is 4.42. The molecule has 0 unspecified atom stereocenters. The number of methoxy groups -OCH3 is 1. The Hall–Kier alpha value is -3.62. The molecule has 0 saturated heterocycles. The van der Waals surface area contributed by atoms with Crippen LogP contribution in [-0.2, 0) is 0 Å². The Labute approximate surface area is 210 Å². The van der Waals surface area contributed by atoms with Crippen molar-refractivity contribution in [1.29, 1.82) is 0 Å². The summed E-state index contributed by atoms with van der Waals surface area (Å²) in [4.78, 5) is 16.5. The zero-order valence-corrected chi connectivity index (χ0v) is 20.5. The summed E-state index contributed by atoms with van der Waals surface area (Å²) in [6.07, 6.45) is 0. The van der Waals surface area contributed by atoms with Gasteiger partial charge in [0.05, 0.1) is 23.6 Å². The number of Topliss-reactive ketones (excluding diaryl/α,β-unsaturated/α-hetero) is 1. The Bertz CT molecular complexity index is 1550. The van der Waals surface area contributed by atoms with Gasteiger partial charge in [0.2, 0.25) is 0 Å². The lowest BCUT2D eigenvalue weighted by Gasteiger charge is -2.11. The van der Waals surface area contributed by atoms with Crippen molar-refractivity contribution in [2.75, 3.05) is 12.9 Å². The predicted molar refractivity (Wildman–Crippen MR) is 136 cm³/mol. The van der Waals surface area contributed by atoms with Crippen LogP contribution in [0.1, 0.15) is 16.1 Å². The molecule has 176 valence electrons. The van der Waals surface area contributed by atoms with Crippen molar-refractivity contribution in [1.82, 2.24) is 19.7 Å². The Morgan fingerprint density at radius 3 is 2.63 bits per heavy atom. The van der Waals surface area contributed by atoms with Crippen LogP contribution in [0.15, 0.2) is 71.9 Å². The number of rotatable bonds is 7. The number of aryl methyl sites for hydroxylation is 1. The summed E-state index contributed by atoms with van der Waals surface area (Å²) in [6.45, 7) is 1.89. The molecule has 0 bridgehead atoms. The number of H-pyrrole nitrogens is 1. The number of nitrogens with zero attached hydrogens (tertiary/aromatic N) is 3. The number of nitrogens with one attached hydrogen (secondary N) is 1. The number of carbonyl (C=O) groups is 1. The molecule has 0 amide bonds. The van der Waals surface area contributed by atoms with E-state index in [4.69, 9.17) is 16.3 Å². The third-order valence-corrected chi connectivity index (χ3v) is 6.87. The monoisotopic (exact) mass is 506 g/mol. The molecular weight excluding hydrogens is 487 g/mol. The average molecular weight is 507 g/mol. The normalized spacial score (nSPS) is 11.2. The van der Waals surface area contributed by atoms with E-state index in [1.807, 2.05) is 55.5 Å². The number of hydrogen-bond donors (Lipinski definition) is 1. The largest absolute Gasteiger partial charge is 0.497 e. The van der Waals surface area contributed by atoms with Crippen LogP contribution in [0.4, 0.5) is 4.39 Å². The van der Waals surface area contributed by atoms with Crippen molar-refractivity contribution in [2.45, 2.75) is 12.1 Å². The van der Waals surface area contributed by atoms with Gasteiger partial charge in [0.15, 0.2) is 16.8 Å². The Morgan fingerprint density at radius 1 is 1.11 bits per heavy atom. The van der Waals surface area contributed by atoms with Gasteiger partial charge in [-0.2, -0.15) is 0 Å². The highest BCUT2D eigenvalue weighted by molar-refractivity contribution is 7.99. The number of ether oxygens (including phenoxy) is 1. The SMILES string of the molecule is COc1ccc(-c2nnc(SCC(=O)c3c(C)[nH]c4ccccc34)n2-c2ccc(F)c(Cl)c2)cc1. The first-order valence-electron chi connectivity index (χ1n) is 10.7. The molecule has 0 spiro atoms. The average Bonchev–Trinajstić information content (AvgIpc) is 3.44. The fraction of sp³-hybridized carbons (Fsp3) is 0.115. The standard InChI is InChI=1S/C26H20ClFN4O2S/c1-15-24(19-5-3-4-6-22(19)29-15)23(33)14-35-26-31-30-25(16-7-10-18(34-2)11-8-16)32(26)17-9-12-21(28)20(27)13-17/h3-13,29H,14H2,1-2H3. The van der Waals surface area contributed by atoms with Crippen molar-refractivity contribution in [3.05, 3.63) is 88.8 Å². The van der Waals surface area contributed by atoms with Gasteiger partial charge in [0, 0.05) is 27.7 Å². The number of ketones is 1. The third-order valence-electron chi connectivity index (χ3n) is 5.65. The molecule has 0 saturated carbocycles. The van der Waals surface area contributed by atoms with E-state index in [-0.39, 0.29) is 16.6 Å². The van der Waals surface area contributed by atoms with Crippen molar-refractivity contribution < 1.29 is 13.9 Å². The zero-order valence-electron chi connectivity index (χ0n) is 18.9. The molecule has 6 nitrogen and oxygen atoms in total. The van der Waals surface area contributed by atoms with Crippen LogP contribution in [0, 0.1) is 12.7 Å². The maximum atomic E-state index is 13.9. The molecule has 35 heavy (non-hydrogen) atoms. The first-order valence-corrected chi connectivity index (χ1v) is 12.1. The van der Waals surface area contributed by atoms with Gasteiger partial charge < -0.3 is 9.72 Å². The number of halogens is 2. The number of benzene rings is 3. The van der Waals surface area contributed by atoms with Crippen molar-refractivity contribution >= 4 is 40.0 Å². The van der Waals surface area contributed by atoms with E-state index in [9.17, 15) is 9.18 Å². The summed E-state index contributed by atoms with van der Waals surface area (Å²) >= 11 is 7.34. The lowest BCUT2D eigenvalue weighted by molar-refractivity contribution is 0.102. The molecule has 5 aromatic rings. The van der Waals surface area contributed by atoms with Crippen LogP contribution in [0.2, 0.25) is 5.02 Å². The second-order valence-electron chi connectivity index (χ2n) is 7.85. The maximum absolute atomic E-state index is 13.9. The lowest BCUT2D eigenvalue weighted by atomic mass is 10.1. The Balaban J connectivity index is 1.51. The number of para-hydroxylation sites is 1. The van der Waals surface area contributed by atoms with Gasteiger partial charge in [-0.05, 0) is 55.5 Å². The van der Waals surface area contributed by atoms with E-state index in [2.05, 4.69) is 15.2 Å². The summed E-state index contributed by atoms with van der Waals surface area (Å²) < 4.78 is 20.9. The van der Waals surface area contributed by atoms with Crippen LogP contribution >= 0.6 is 23.4 Å². The fourth-order valence-corrected chi connectivity index (χ4v) is 4.98. The first-order chi connectivity index (χ1) is 17.0. The molecule has 0 aliphatic carbocycles. The molecule has 0 fully saturated rings. The van der Waals surface area contributed by atoms with Crippen LogP contribution in [-0.4, -0.2) is 38.4 Å². The van der Waals surface area contributed by atoms with Gasteiger partial charge in [-0.3, -0.25) is 9.36 Å². The van der Waals surface area contributed by atoms with E-state index in [0.29, 0.717) is 28.0 Å². The fourth-order valence-electron chi connectivity index (χ4n) is 3.99. The van der Waals surface area contributed by atoms with Crippen LogP contribution in [0.5, 0.6) is 5.75 Å². The topological polar surface area (TPSA) is 72.8 Å². The minimum Gasteiger partial charge on any atom is -0.497 e. The van der Waals surface area contributed by atoms with Gasteiger partial charge in [0.1, 0.15) is 11.6 Å². The molecule has 0 radical (unpaired) electrons. The molecule has 2 heterocycles. The van der Waals surface area contributed by atoms with E-state index in [0.717, 1.165) is 22.2 Å². The molecule has 1 N–H and O–H groups in total. The molecule has 2 aromatic heterocycles. The minimum atomic E-state index is -0.520. The number of carbonyl (C=O) groups excluding carboxylic acids is 1. The van der Waals surface area contributed by atoms with E-state index in [1.54, 1.807) is 17.7 Å². The first kappa shape index (κ1) is 23.1. The van der Waals surface area contributed by atoms with Gasteiger partial charge in [-0.25, -0.2) is 4.39 Å². The predicted octanol–water partition coefficient (Wildman–Crippen LogP) is 6.50. The molecular formula is C26H20ClFN4O2S. The molecule has 0 aliphatic rings. The second kappa shape index (κ2) is 9.56. The Kier molecular flexibility index (Phi) is 6.32. The summed E-state index contributed by atoms with van der Waals surface area (Å²) in [7, 11) is 1.60. The summed E-state index contributed by atoms with van der Waals surface area (Å²) in [5, 5.41) is 10.1. The number of aromatic nitrogens is 4. The summed E-state index contributed by atoms with van der Waals surface area (Å²) in [6, 6.07) is 19.5. The Morgan fingerprint density at radius 2 is 1.89 bits per heavy atom. The van der Waals surface area contributed by atoms with Crippen molar-refractivity contribution in [2.24, 2.45) is 0 Å². The maximum Gasteiger partial charge on any atom is 0.196 e. The number of hydrogen-bond acceptors (Lipinski definition) is 5. The zero-order chi connectivity index (χ0) is 24.5. The van der Waals surface area contributed by atoms with Gasteiger partial charge >= 0.3 is 0 Å².